The van der Waals surface area contributed by atoms with E-state index in [0.717, 1.165) is 35.8 Å². The minimum absolute atomic E-state index is 0.581. The number of halogens is 1. The number of hydrogen-bond donors (Lipinski definition) is 0. The normalized spacial score (nSPS) is 14.7. The molecule has 0 saturated carbocycles. The summed E-state index contributed by atoms with van der Waals surface area (Å²) in [5.41, 5.74) is 2.12. The minimum atomic E-state index is 0.581. The predicted octanol–water partition coefficient (Wildman–Crippen LogP) is 6.24. The molecule has 1 fully saturated rings. The molecule has 3 heterocycles. The van der Waals surface area contributed by atoms with Gasteiger partial charge in [0.25, 0.3) is 0 Å². The van der Waals surface area contributed by atoms with Crippen molar-refractivity contribution in [3.8, 4) is 11.3 Å². The molecule has 1 aliphatic rings. The van der Waals surface area contributed by atoms with Crippen LogP contribution < -0.4 is 0 Å². The van der Waals surface area contributed by atoms with Gasteiger partial charge in [0, 0.05) is 17.0 Å². The van der Waals surface area contributed by atoms with Crippen molar-refractivity contribution < 1.29 is 4.42 Å². The molecule has 0 radical (unpaired) electrons. The summed E-state index contributed by atoms with van der Waals surface area (Å²) in [6.07, 6.45) is 6.07. The molecule has 2 aromatic heterocycles. The van der Waals surface area contributed by atoms with Crippen molar-refractivity contribution in [3.63, 3.8) is 0 Å². The van der Waals surface area contributed by atoms with Crippen LogP contribution in [0.3, 0.4) is 0 Å². The van der Waals surface area contributed by atoms with Gasteiger partial charge in [-0.2, -0.15) is 14.9 Å². The third kappa shape index (κ3) is 5.38. The van der Waals surface area contributed by atoms with Crippen molar-refractivity contribution in [2.24, 2.45) is 5.10 Å². The van der Waals surface area contributed by atoms with Crippen LogP contribution in [0, 0.1) is 4.77 Å². The van der Waals surface area contributed by atoms with Gasteiger partial charge in [0.15, 0.2) is 5.82 Å². The van der Waals surface area contributed by atoms with Gasteiger partial charge >= 0.3 is 0 Å². The largest absolute Gasteiger partial charge is 0.455 e. The highest BCUT2D eigenvalue weighted by atomic mass is 35.5. The molecule has 0 atom stereocenters. The van der Waals surface area contributed by atoms with Crippen LogP contribution in [-0.4, -0.2) is 38.7 Å². The van der Waals surface area contributed by atoms with E-state index in [4.69, 9.17) is 33.3 Å². The Morgan fingerprint density at radius 3 is 2.50 bits per heavy atom. The second-order valence-corrected chi connectivity index (χ2v) is 9.25. The first-order valence-electron chi connectivity index (χ1n) is 11.5. The molecule has 0 unspecified atom stereocenters. The maximum atomic E-state index is 6.00. The quantitative estimate of drug-likeness (QED) is 0.227. The molecular formula is C26H26ClN5OS. The number of nitrogens with zero attached hydrogens (tertiary/aromatic N) is 5. The number of piperidine rings is 1. The summed E-state index contributed by atoms with van der Waals surface area (Å²) in [6.45, 7) is 2.84. The number of furan rings is 1. The van der Waals surface area contributed by atoms with Gasteiger partial charge in [0.2, 0.25) is 4.77 Å². The van der Waals surface area contributed by atoms with E-state index in [-0.39, 0.29) is 0 Å². The Labute approximate surface area is 209 Å². The van der Waals surface area contributed by atoms with E-state index in [1.807, 2.05) is 59.3 Å². The lowest BCUT2D eigenvalue weighted by Gasteiger charge is -2.25. The van der Waals surface area contributed by atoms with E-state index in [1.54, 1.807) is 10.9 Å². The van der Waals surface area contributed by atoms with E-state index in [2.05, 4.69) is 22.1 Å². The maximum absolute atomic E-state index is 6.00. The summed E-state index contributed by atoms with van der Waals surface area (Å²) in [5.74, 6) is 2.20. The van der Waals surface area contributed by atoms with E-state index in [1.165, 1.54) is 19.3 Å². The first-order valence-corrected chi connectivity index (χ1v) is 12.3. The SMILES string of the molecule is S=c1n(CN2CCCCC2)nc(Cc2ccccc2)n1/N=C/c1ccc(-c2ccc(Cl)cc2)o1. The van der Waals surface area contributed by atoms with Crippen molar-refractivity contribution in [2.45, 2.75) is 32.4 Å². The van der Waals surface area contributed by atoms with Gasteiger partial charge in [0.05, 0.1) is 12.9 Å². The molecule has 8 heteroatoms. The fraction of sp³-hybridized carbons (Fsp3) is 0.269. The zero-order valence-electron chi connectivity index (χ0n) is 18.8. The van der Waals surface area contributed by atoms with E-state index in [9.17, 15) is 0 Å². The number of likely N-dealkylation sites (tertiary alicyclic amines) is 1. The molecule has 2 aromatic carbocycles. The first-order chi connectivity index (χ1) is 16.7. The van der Waals surface area contributed by atoms with Crippen LogP contribution in [0.5, 0.6) is 0 Å². The average molecular weight is 492 g/mol. The molecule has 4 aromatic rings. The molecule has 0 amide bonds. The van der Waals surface area contributed by atoms with Crippen molar-refractivity contribution in [3.05, 3.63) is 93.7 Å². The highest BCUT2D eigenvalue weighted by Gasteiger charge is 2.16. The minimum Gasteiger partial charge on any atom is -0.455 e. The van der Waals surface area contributed by atoms with Gasteiger partial charge in [-0.1, -0.05) is 48.4 Å². The number of rotatable bonds is 7. The van der Waals surface area contributed by atoms with Crippen LogP contribution in [0.2, 0.25) is 5.02 Å². The smallest absolute Gasteiger partial charge is 0.220 e. The zero-order chi connectivity index (χ0) is 23.3. The molecule has 174 valence electrons. The summed E-state index contributed by atoms with van der Waals surface area (Å²) < 4.78 is 10.2. The number of benzene rings is 2. The molecule has 0 N–H and O–H groups in total. The van der Waals surface area contributed by atoms with Crippen molar-refractivity contribution in [1.29, 1.82) is 0 Å². The lowest BCUT2D eigenvalue weighted by molar-refractivity contribution is 0.172. The zero-order valence-corrected chi connectivity index (χ0v) is 20.4. The molecule has 5 rings (SSSR count). The molecule has 0 bridgehead atoms. The Morgan fingerprint density at radius 2 is 1.74 bits per heavy atom. The van der Waals surface area contributed by atoms with Crippen LogP contribution >= 0.6 is 23.8 Å². The Balaban J connectivity index is 1.42. The van der Waals surface area contributed by atoms with Gasteiger partial charge in [-0.15, -0.1) is 0 Å². The highest BCUT2D eigenvalue weighted by Crippen LogP contribution is 2.23. The Hall–Kier alpha value is -3.00. The Morgan fingerprint density at radius 1 is 0.971 bits per heavy atom. The standard InChI is InChI=1S/C26H26ClN5OS/c27-22-11-9-21(10-12-22)24-14-13-23(33-24)18-28-32-25(17-20-7-3-1-4-8-20)29-31(26(32)34)19-30-15-5-2-6-16-30/h1,3-4,7-14,18H,2,5-6,15-17,19H2/b28-18+. The Bertz CT molecular complexity index is 1320. The average Bonchev–Trinajstić information content (AvgIpc) is 3.44. The Kier molecular flexibility index (Phi) is 7.04. The monoisotopic (exact) mass is 491 g/mol. The van der Waals surface area contributed by atoms with Gasteiger partial charge in [-0.05, 0) is 80.1 Å². The summed E-state index contributed by atoms with van der Waals surface area (Å²) in [6, 6.07) is 21.6. The second-order valence-electron chi connectivity index (χ2n) is 8.45. The van der Waals surface area contributed by atoms with E-state index >= 15 is 0 Å². The second kappa shape index (κ2) is 10.5. The van der Waals surface area contributed by atoms with Gasteiger partial charge in [-0.25, -0.2) is 4.68 Å². The van der Waals surface area contributed by atoms with Crippen molar-refractivity contribution in [2.75, 3.05) is 13.1 Å². The van der Waals surface area contributed by atoms with Gasteiger partial charge in [0.1, 0.15) is 11.5 Å². The molecule has 0 spiro atoms. The summed E-state index contributed by atoms with van der Waals surface area (Å²) in [4.78, 5) is 2.40. The summed E-state index contributed by atoms with van der Waals surface area (Å²) >= 11 is 11.8. The van der Waals surface area contributed by atoms with Crippen molar-refractivity contribution in [1.82, 2.24) is 19.4 Å². The molecule has 0 aliphatic carbocycles. The van der Waals surface area contributed by atoms with Crippen LogP contribution in [0.25, 0.3) is 11.3 Å². The van der Waals surface area contributed by atoms with Gasteiger partial charge in [-0.3, -0.25) is 4.90 Å². The third-order valence-corrected chi connectivity index (χ3v) is 6.56. The lowest BCUT2D eigenvalue weighted by atomic mass is 10.1. The maximum Gasteiger partial charge on any atom is 0.220 e. The lowest BCUT2D eigenvalue weighted by Crippen LogP contribution is -2.32. The van der Waals surface area contributed by atoms with E-state index < -0.39 is 0 Å². The predicted molar refractivity (Wildman–Crippen MR) is 138 cm³/mol. The van der Waals surface area contributed by atoms with Crippen molar-refractivity contribution >= 4 is 30.0 Å². The fourth-order valence-corrected chi connectivity index (χ4v) is 4.51. The molecule has 1 aliphatic heterocycles. The number of hydrogen-bond acceptors (Lipinski definition) is 5. The van der Waals surface area contributed by atoms with Crippen LogP contribution in [0.15, 0.2) is 76.2 Å². The highest BCUT2D eigenvalue weighted by molar-refractivity contribution is 7.71. The molecular weight excluding hydrogens is 466 g/mol. The molecule has 34 heavy (non-hydrogen) atoms. The number of aromatic nitrogens is 3. The molecule has 6 nitrogen and oxygen atoms in total. The topological polar surface area (TPSA) is 51.5 Å². The summed E-state index contributed by atoms with van der Waals surface area (Å²) in [5, 5.41) is 10.2. The first kappa shape index (κ1) is 22.8. The fourth-order valence-electron chi connectivity index (χ4n) is 4.14. The van der Waals surface area contributed by atoms with E-state index in [0.29, 0.717) is 28.6 Å². The van der Waals surface area contributed by atoms with Crippen LogP contribution in [-0.2, 0) is 13.1 Å². The third-order valence-electron chi connectivity index (χ3n) is 5.93. The van der Waals surface area contributed by atoms with Gasteiger partial charge < -0.3 is 4.42 Å². The summed E-state index contributed by atoms with van der Waals surface area (Å²) in [7, 11) is 0. The van der Waals surface area contributed by atoms with Crippen LogP contribution in [0.1, 0.15) is 36.4 Å². The van der Waals surface area contributed by atoms with Crippen LogP contribution in [0.4, 0.5) is 0 Å². The molecule has 1 saturated heterocycles.